The van der Waals surface area contributed by atoms with Crippen LogP contribution >= 0.6 is 0 Å². The van der Waals surface area contributed by atoms with Crippen molar-refractivity contribution in [3.05, 3.63) is 0 Å². The van der Waals surface area contributed by atoms with Gasteiger partial charge in [-0.05, 0) is 32.4 Å². The quantitative estimate of drug-likeness (QED) is 0.348. The average Bonchev–Trinajstić information content (AvgIpc) is 2.54. The predicted octanol–water partition coefficient (Wildman–Crippen LogP) is 3.27. The molecule has 0 spiro atoms. The maximum Gasteiger partial charge on any atom is 0.0163 e. The van der Waals surface area contributed by atoms with Crippen molar-refractivity contribution in [3.63, 3.8) is 0 Å². The third-order valence-corrected chi connectivity index (χ3v) is 3.89. The highest BCUT2D eigenvalue weighted by atomic mass is 14.7. The van der Waals surface area contributed by atoms with Crippen LogP contribution in [0.25, 0.3) is 0 Å². The van der Waals surface area contributed by atoms with Crippen LogP contribution in [0, 0.1) is 0 Å². The number of hydrogen-bond donors (Lipinski definition) is 4. The summed E-state index contributed by atoms with van der Waals surface area (Å²) in [5, 5.41) is 0. The summed E-state index contributed by atoms with van der Waals surface area (Å²) in [7, 11) is 0. The topological polar surface area (TPSA) is 104 Å². The molecule has 0 aromatic rings. The second-order valence-corrected chi connectivity index (χ2v) is 6.25. The van der Waals surface area contributed by atoms with Crippen molar-refractivity contribution in [2.45, 2.75) is 96.4 Å². The van der Waals surface area contributed by atoms with Crippen LogP contribution in [0.15, 0.2) is 0 Å². The predicted molar refractivity (Wildman–Crippen MR) is 101 cm³/mol. The SMILES string of the molecule is CCCCCCCCCCC(N)CN.NCCCCCCN. The van der Waals surface area contributed by atoms with Gasteiger partial charge >= 0.3 is 0 Å². The third-order valence-electron chi connectivity index (χ3n) is 3.89. The lowest BCUT2D eigenvalue weighted by Crippen LogP contribution is -2.29. The van der Waals surface area contributed by atoms with Crippen LogP contribution in [0.3, 0.4) is 0 Å². The summed E-state index contributed by atoms with van der Waals surface area (Å²) < 4.78 is 0. The second kappa shape index (κ2) is 23.1. The fourth-order valence-electron chi connectivity index (χ4n) is 2.30. The summed E-state index contributed by atoms with van der Waals surface area (Å²) in [5.41, 5.74) is 21.7. The fourth-order valence-corrected chi connectivity index (χ4v) is 2.30. The van der Waals surface area contributed by atoms with E-state index in [2.05, 4.69) is 6.92 Å². The Kier molecular flexibility index (Phi) is 25.3. The number of rotatable bonds is 15. The van der Waals surface area contributed by atoms with Gasteiger partial charge in [0.2, 0.25) is 0 Å². The molecule has 0 amide bonds. The van der Waals surface area contributed by atoms with Crippen molar-refractivity contribution in [2.24, 2.45) is 22.9 Å². The third kappa shape index (κ3) is 24.8. The summed E-state index contributed by atoms with van der Waals surface area (Å²) in [5.74, 6) is 0. The summed E-state index contributed by atoms with van der Waals surface area (Å²) in [4.78, 5) is 0. The molecule has 1 unspecified atom stereocenters. The van der Waals surface area contributed by atoms with Gasteiger partial charge in [0.05, 0.1) is 0 Å². The van der Waals surface area contributed by atoms with Crippen LogP contribution in [-0.4, -0.2) is 25.7 Å². The van der Waals surface area contributed by atoms with Crippen molar-refractivity contribution in [3.8, 4) is 0 Å². The Hall–Kier alpha value is -0.160. The summed E-state index contributed by atoms with van der Waals surface area (Å²) >= 11 is 0. The summed E-state index contributed by atoms with van der Waals surface area (Å²) in [6.45, 7) is 4.54. The van der Waals surface area contributed by atoms with E-state index < -0.39 is 0 Å². The number of nitrogens with two attached hydrogens (primary N) is 4. The minimum absolute atomic E-state index is 0.232. The Labute approximate surface area is 139 Å². The molecule has 0 aromatic heterocycles. The fraction of sp³-hybridized carbons (Fsp3) is 1.00. The van der Waals surface area contributed by atoms with Crippen LogP contribution in [-0.2, 0) is 0 Å². The molecule has 8 N–H and O–H groups in total. The van der Waals surface area contributed by atoms with E-state index in [0.717, 1.165) is 32.4 Å². The van der Waals surface area contributed by atoms with E-state index in [4.69, 9.17) is 22.9 Å². The zero-order valence-electron chi connectivity index (χ0n) is 15.2. The molecule has 0 bridgehead atoms. The molecule has 0 radical (unpaired) electrons. The molecule has 0 aliphatic carbocycles. The lowest BCUT2D eigenvalue weighted by Gasteiger charge is -2.07. The molecular weight excluding hydrogens is 272 g/mol. The zero-order chi connectivity index (χ0) is 16.9. The second-order valence-electron chi connectivity index (χ2n) is 6.25. The molecule has 0 fully saturated rings. The molecule has 0 aliphatic rings. The smallest absolute Gasteiger partial charge is 0.0163 e. The van der Waals surface area contributed by atoms with Crippen molar-refractivity contribution in [1.29, 1.82) is 0 Å². The van der Waals surface area contributed by atoms with Crippen LogP contribution in [0.5, 0.6) is 0 Å². The largest absolute Gasteiger partial charge is 0.330 e. The first-order valence-corrected chi connectivity index (χ1v) is 9.58. The first-order valence-electron chi connectivity index (χ1n) is 9.58. The van der Waals surface area contributed by atoms with Gasteiger partial charge in [0, 0.05) is 12.6 Å². The molecule has 0 saturated heterocycles. The highest BCUT2D eigenvalue weighted by molar-refractivity contribution is 4.60. The van der Waals surface area contributed by atoms with Gasteiger partial charge in [-0.25, -0.2) is 0 Å². The van der Waals surface area contributed by atoms with Gasteiger partial charge in [0.25, 0.3) is 0 Å². The van der Waals surface area contributed by atoms with Crippen LogP contribution in [0.1, 0.15) is 90.4 Å². The molecule has 0 rings (SSSR count). The molecule has 1 atom stereocenters. The van der Waals surface area contributed by atoms with E-state index in [-0.39, 0.29) is 6.04 Å². The van der Waals surface area contributed by atoms with Crippen molar-refractivity contribution in [1.82, 2.24) is 0 Å². The standard InChI is InChI=1S/C12H28N2.C6H16N2/c1-2-3-4-5-6-7-8-9-10-12(14)11-13;7-5-3-1-2-4-6-8/h12H,2-11,13-14H2,1H3;1-8H2. The molecule has 0 aliphatic heterocycles. The van der Waals surface area contributed by atoms with Gasteiger partial charge in [-0.3, -0.25) is 0 Å². The normalized spacial score (nSPS) is 11.9. The van der Waals surface area contributed by atoms with Gasteiger partial charge in [-0.15, -0.1) is 0 Å². The number of unbranched alkanes of at least 4 members (excludes halogenated alkanes) is 10. The average molecular weight is 317 g/mol. The maximum absolute atomic E-state index is 5.73. The minimum Gasteiger partial charge on any atom is -0.330 e. The molecule has 4 heteroatoms. The van der Waals surface area contributed by atoms with E-state index in [0.29, 0.717) is 6.54 Å². The summed E-state index contributed by atoms with van der Waals surface area (Å²) in [6, 6.07) is 0.232. The minimum atomic E-state index is 0.232. The number of hydrogen-bond acceptors (Lipinski definition) is 4. The molecule has 4 nitrogen and oxygen atoms in total. The van der Waals surface area contributed by atoms with Crippen molar-refractivity contribution < 1.29 is 0 Å². The maximum atomic E-state index is 5.73. The Bertz CT molecular complexity index is 170. The van der Waals surface area contributed by atoms with Crippen LogP contribution in [0.4, 0.5) is 0 Å². The van der Waals surface area contributed by atoms with Gasteiger partial charge in [-0.1, -0.05) is 71.1 Å². The highest BCUT2D eigenvalue weighted by Crippen LogP contribution is 2.09. The Balaban J connectivity index is 0. The Morgan fingerprint density at radius 3 is 1.41 bits per heavy atom. The van der Waals surface area contributed by atoms with Crippen molar-refractivity contribution >= 4 is 0 Å². The van der Waals surface area contributed by atoms with E-state index in [1.165, 1.54) is 64.2 Å². The van der Waals surface area contributed by atoms with Crippen LogP contribution in [0.2, 0.25) is 0 Å². The molecule has 0 heterocycles. The first-order chi connectivity index (χ1) is 10.7. The van der Waals surface area contributed by atoms with Gasteiger partial charge in [0.1, 0.15) is 0 Å². The zero-order valence-corrected chi connectivity index (χ0v) is 15.2. The first kappa shape index (κ1) is 24.1. The van der Waals surface area contributed by atoms with Gasteiger partial charge in [-0.2, -0.15) is 0 Å². The molecule has 0 aromatic carbocycles. The van der Waals surface area contributed by atoms with E-state index in [1.807, 2.05) is 0 Å². The lowest BCUT2D eigenvalue weighted by atomic mass is 10.1. The molecule has 22 heavy (non-hydrogen) atoms. The summed E-state index contributed by atoms with van der Waals surface area (Å²) in [6.07, 6.45) is 16.8. The van der Waals surface area contributed by atoms with Gasteiger partial charge in [0.15, 0.2) is 0 Å². The Morgan fingerprint density at radius 1 is 0.591 bits per heavy atom. The lowest BCUT2D eigenvalue weighted by molar-refractivity contribution is 0.530. The van der Waals surface area contributed by atoms with Gasteiger partial charge < -0.3 is 22.9 Å². The molecule has 0 saturated carbocycles. The van der Waals surface area contributed by atoms with Crippen molar-refractivity contribution in [2.75, 3.05) is 19.6 Å². The Morgan fingerprint density at radius 2 is 1.00 bits per heavy atom. The van der Waals surface area contributed by atoms with E-state index >= 15 is 0 Å². The van der Waals surface area contributed by atoms with Crippen LogP contribution < -0.4 is 22.9 Å². The van der Waals surface area contributed by atoms with E-state index in [9.17, 15) is 0 Å². The molecule has 136 valence electrons. The monoisotopic (exact) mass is 316 g/mol. The van der Waals surface area contributed by atoms with E-state index in [1.54, 1.807) is 0 Å². The molecular formula is C18H44N4. The highest BCUT2D eigenvalue weighted by Gasteiger charge is 1.98.